The number of aliphatic hydroxyl groups excluding tert-OH is 1. The Kier molecular flexibility index (Phi) is 2.83. The minimum absolute atomic E-state index is 0.0132. The van der Waals surface area contributed by atoms with Crippen LogP contribution in [0.15, 0.2) is 6.20 Å². The average molecular weight is 237 g/mol. The standard InChI is InChI=1S/C13H23N3O/c1-12(2,3)11-10(7-16(4)15-11)13(8-14)5-9(17)6-13/h7,9,17H,5-6,8,14H2,1-4H3. The van der Waals surface area contributed by atoms with Crippen molar-refractivity contribution >= 4 is 0 Å². The Hall–Kier alpha value is -0.870. The van der Waals surface area contributed by atoms with E-state index in [-0.39, 0.29) is 16.9 Å². The molecule has 0 spiro atoms. The zero-order valence-corrected chi connectivity index (χ0v) is 11.2. The van der Waals surface area contributed by atoms with Gasteiger partial charge in [0.25, 0.3) is 0 Å². The molecule has 1 heterocycles. The van der Waals surface area contributed by atoms with Crippen LogP contribution in [0.4, 0.5) is 0 Å². The quantitative estimate of drug-likeness (QED) is 0.808. The molecule has 0 amide bonds. The molecule has 1 aliphatic rings. The van der Waals surface area contributed by atoms with Gasteiger partial charge in [0.05, 0.1) is 11.8 Å². The van der Waals surface area contributed by atoms with Crippen LogP contribution in [0, 0.1) is 0 Å². The fraction of sp³-hybridized carbons (Fsp3) is 0.769. The van der Waals surface area contributed by atoms with Gasteiger partial charge in [-0.3, -0.25) is 4.68 Å². The van der Waals surface area contributed by atoms with E-state index in [1.807, 2.05) is 11.7 Å². The maximum Gasteiger partial charge on any atom is 0.0715 e. The van der Waals surface area contributed by atoms with Gasteiger partial charge in [0.1, 0.15) is 0 Å². The van der Waals surface area contributed by atoms with Crippen molar-refractivity contribution in [3.63, 3.8) is 0 Å². The minimum Gasteiger partial charge on any atom is -0.393 e. The van der Waals surface area contributed by atoms with Gasteiger partial charge in [0.15, 0.2) is 0 Å². The van der Waals surface area contributed by atoms with Crippen LogP contribution < -0.4 is 5.73 Å². The first-order chi connectivity index (χ1) is 7.78. The van der Waals surface area contributed by atoms with Crippen LogP contribution in [0.3, 0.4) is 0 Å². The number of aromatic nitrogens is 2. The van der Waals surface area contributed by atoms with Gasteiger partial charge in [-0.25, -0.2) is 0 Å². The highest BCUT2D eigenvalue weighted by atomic mass is 16.3. The van der Waals surface area contributed by atoms with Crippen LogP contribution in [-0.4, -0.2) is 27.5 Å². The van der Waals surface area contributed by atoms with E-state index >= 15 is 0 Å². The minimum atomic E-state index is -0.202. The fourth-order valence-corrected chi connectivity index (χ4v) is 2.77. The van der Waals surface area contributed by atoms with Crippen LogP contribution in [-0.2, 0) is 17.9 Å². The van der Waals surface area contributed by atoms with E-state index in [1.54, 1.807) is 0 Å². The summed E-state index contributed by atoms with van der Waals surface area (Å²) in [5.41, 5.74) is 8.22. The molecule has 0 aliphatic heterocycles. The third-order valence-electron chi connectivity index (χ3n) is 3.75. The molecule has 4 heteroatoms. The average Bonchev–Trinajstić information content (AvgIpc) is 2.55. The molecular formula is C13H23N3O. The van der Waals surface area contributed by atoms with Gasteiger partial charge in [-0.2, -0.15) is 5.10 Å². The number of nitrogens with zero attached hydrogens (tertiary/aromatic N) is 2. The lowest BCUT2D eigenvalue weighted by Crippen LogP contribution is -2.50. The van der Waals surface area contributed by atoms with Gasteiger partial charge in [-0.15, -0.1) is 0 Å². The molecule has 1 aromatic heterocycles. The summed E-state index contributed by atoms with van der Waals surface area (Å²) in [6.07, 6.45) is 3.39. The molecule has 0 unspecified atom stereocenters. The molecule has 4 nitrogen and oxygen atoms in total. The second-order valence-electron chi connectivity index (χ2n) is 6.36. The number of aryl methyl sites for hydroxylation is 1. The second-order valence-corrected chi connectivity index (χ2v) is 6.36. The molecule has 1 aromatic rings. The molecule has 0 radical (unpaired) electrons. The summed E-state index contributed by atoms with van der Waals surface area (Å²) in [5.74, 6) is 0. The van der Waals surface area contributed by atoms with Crippen LogP contribution in [0.2, 0.25) is 0 Å². The van der Waals surface area contributed by atoms with Crippen LogP contribution >= 0.6 is 0 Å². The molecule has 0 aromatic carbocycles. The third kappa shape index (κ3) is 2.00. The zero-order valence-electron chi connectivity index (χ0n) is 11.2. The van der Waals surface area contributed by atoms with E-state index in [9.17, 15) is 5.11 Å². The predicted octanol–water partition coefficient (Wildman–Crippen LogP) is 1.07. The van der Waals surface area contributed by atoms with Gasteiger partial charge in [0, 0.05) is 36.2 Å². The van der Waals surface area contributed by atoms with Gasteiger partial charge in [-0.1, -0.05) is 20.8 Å². The van der Waals surface area contributed by atoms with Crippen LogP contribution in [0.1, 0.15) is 44.9 Å². The molecule has 1 aliphatic carbocycles. The van der Waals surface area contributed by atoms with Gasteiger partial charge >= 0.3 is 0 Å². The topological polar surface area (TPSA) is 64.1 Å². The first kappa shape index (κ1) is 12.6. The Morgan fingerprint density at radius 2 is 2.12 bits per heavy atom. The summed E-state index contributed by atoms with van der Waals surface area (Å²) in [4.78, 5) is 0. The lowest BCUT2D eigenvalue weighted by Gasteiger charge is -2.45. The highest BCUT2D eigenvalue weighted by Crippen LogP contribution is 2.46. The van der Waals surface area contributed by atoms with Crippen molar-refractivity contribution < 1.29 is 5.11 Å². The van der Waals surface area contributed by atoms with Crippen molar-refractivity contribution in [3.8, 4) is 0 Å². The molecule has 17 heavy (non-hydrogen) atoms. The van der Waals surface area contributed by atoms with Crippen molar-refractivity contribution in [2.75, 3.05) is 6.54 Å². The van der Waals surface area contributed by atoms with Gasteiger partial charge in [-0.05, 0) is 12.8 Å². The fourth-order valence-electron chi connectivity index (χ4n) is 2.77. The van der Waals surface area contributed by atoms with E-state index in [0.29, 0.717) is 6.54 Å². The van der Waals surface area contributed by atoms with Crippen molar-refractivity contribution in [2.45, 2.75) is 50.5 Å². The number of nitrogens with two attached hydrogens (primary N) is 1. The Morgan fingerprint density at radius 1 is 1.53 bits per heavy atom. The maximum absolute atomic E-state index is 9.59. The van der Waals surface area contributed by atoms with Crippen molar-refractivity contribution in [1.82, 2.24) is 9.78 Å². The second kappa shape index (κ2) is 3.82. The zero-order chi connectivity index (χ0) is 12.8. The lowest BCUT2D eigenvalue weighted by atomic mass is 9.61. The largest absolute Gasteiger partial charge is 0.393 e. The van der Waals surface area contributed by atoms with Crippen LogP contribution in [0.25, 0.3) is 0 Å². The summed E-state index contributed by atoms with van der Waals surface area (Å²) in [6.45, 7) is 7.08. The first-order valence-electron chi connectivity index (χ1n) is 6.21. The van der Waals surface area contributed by atoms with E-state index in [0.717, 1.165) is 18.5 Å². The monoisotopic (exact) mass is 237 g/mol. The number of hydrogen-bond acceptors (Lipinski definition) is 3. The van der Waals surface area contributed by atoms with Crippen molar-refractivity contribution in [1.29, 1.82) is 0 Å². The van der Waals surface area contributed by atoms with Gasteiger partial charge in [0.2, 0.25) is 0 Å². The third-order valence-corrected chi connectivity index (χ3v) is 3.75. The molecule has 1 saturated carbocycles. The summed E-state index contributed by atoms with van der Waals surface area (Å²) in [6, 6.07) is 0. The van der Waals surface area contributed by atoms with E-state index < -0.39 is 0 Å². The smallest absolute Gasteiger partial charge is 0.0715 e. The first-order valence-corrected chi connectivity index (χ1v) is 6.21. The van der Waals surface area contributed by atoms with E-state index in [4.69, 9.17) is 5.73 Å². The molecule has 0 bridgehead atoms. The number of rotatable bonds is 2. The molecular weight excluding hydrogens is 214 g/mol. The molecule has 2 rings (SSSR count). The highest BCUT2D eigenvalue weighted by Gasteiger charge is 2.47. The van der Waals surface area contributed by atoms with Gasteiger partial charge < -0.3 is 10.8 Å². The molecule has 1 fully saturated rings. The molecule has 96 valence electrons. The van der Waals surface area contributed by atoms with E-state index in [2.05, 4.69) is 32.1 Å². The molecule has 3 N–H and O–H groups in total. The maximum atomic E-state index is 9.59. The molecule has 0 atom stereocenters. The predicted molar refractivity (Wildman–Crippen MR) is 67.9 cm³/mol. The number of aliphatic hydroxyl groups is 1. The summed E-state index contributed by atoms with van der Waals surface area (Å²) in [5, 5.41) is 14.2. The van der Waals surface area contributed by atoms with Crippen LogP contribution in [0.5, 0.6) is 0 Å². The Bertz CT molecular complexity index is 411. The lowest BCUT2D eigenvalue weighted by molar-refractivity contribution is 0.0213. The summed E-state index contributed by atoms with van der Waals surface area (Å²) in [7, 11) is 1.94. The normalized spacial score (nSPS) is 29.2. The Morgan fingerprint density at radius 3 is 2.53 bits per heavy atom. The van der Waals surface area contributed by atoms with Crippen molar-refractivity contribution in [3.05, 3.63) is 17.5 Å². The SMILES string of the molecule is Cn1cc(C2(CN)CC(O)C2)c(C(C)(C)C)n1. The Labute approximate surface area is 103 Å². The summed E-state index contributed by atoms with van der Waals surface area (Å²) >= 11 is 0. The Balaban J connectivity index is 2.45. The van der Waals surface area contributed by atoms with E-state index in [1.165, 1.54) is 5.56 Å². The highest BCUT2D eigenvalue weighted by molar-refractivity contribution is 5.35. The molecule has 0 saturated heterocycles. The summed E-state index contributed by atoms with van der Waals surface area (Å²) < 4.78 is 1.86. The van der Waals surface area contributed by atoms with Crippen molar-refractivity contribution in [2.24, 2.45) is 12.8 Å². The number of hydrogen-bond donors (Lipinski definition) is 2.